The fourth-order valence-corrected chi connectivity index (χ4v) is 3.49. The minimum atomic E-state index is -0.200. The van der Waals surface area contributed by atoms with Crippen LogP contribution in [0, 0.1) is 0 Å². The summed E-state index contributed by atoms with van der Waals surface area (Å²) in [5, 5.41) is 12.0. The summed E-state index contributed by atoms with van der Waals surface area (Å²) < 4.78 is 5.52. The number of fused-ring (bicyclic) bond motifs is 1. The lowest BCUT2D eigenvalue weighted by molar-refractivity contribution is 0.0950. The third-order valence-electron chi connectivity index (χ3n) is 4.92. The molecule has 0 radical (unpaired) electrons. The van der Waals surface area contributed by atoms with E-state index < -0.39 is 0 Å². The average Bonchev–Trinajstić information content (AvgIpc) is 3.22. The number of hydrogen-bond donors (Lipinski definition) is 3. The maximum Gasteiger partial charge on any atom is 0.273 e. The van der Waals surface area contributed by atoms with E-state index in [0.717, 1.165) is 31.6 Å². The molecule has 1 aliphatic rings. The van der Waals surface area contributed by atoms with E-state index in [1.165, 1.54) is 17.0 Å². The van der Waals surface area contributed by atoms with Crippen LogP contribution in [0.1, 0.15) is 35.1 Å². The monoisotopic (exact) mass is 364 g/mol. The van der Waals surface area contributed by atoms with Gasteiger partial charge in [-0.05, 0) is 30.8 Å². The summed E-state index contributed by atoms with van der Waals surface area (Å²) >= 11 is 0. The zero-order valence-corrected chi connectivity index (χ0v) is 15.2. The zero-order valence-electron chi connectivity index (χ0n) is 15.2. The van der Waals surface area contributed by atoms with E-state index in [-0.39, 0.29) is 11.8 Å². The molecule has 1 saturated heterocycles. The summed E-state index contributed by atoms with van der Waals surface area (Å²) in [5.41, 5.74) is 1.41. The Kier molecular flexibility index (Phi) is 5.34. The van der Waals surface area contributed by atoms with Gasteiger partial charge in [0.1, 0.15) is 6.26 Å². The number of amides is 1. The highest BCUT2D eigenvalue weighted by Gasteiger charge is 2.21. The second-order valence-electron chi connectivity index (χ2n) is 6.82. The lowest BCUT2D eigenvalue weighted by Gasteiger charge is -2.19. The number of benzene rings is 2. The average molecular weight is 364 g/mol. The van der Waals surface area contributed by atoms with E-state index in [2.05, 4.69) is 39.1 Å². The minimum Gasteiger partial charge on any atom is -0.448 e. The van der Waals surface area contributed by atoms with E-state index >= 15 is 0 Å². The first-order chi connectivity index (χ1) is 13.3. The van der Waals surface area contributed by atoms with Gasteiger partial charge in [0, 0.05) is 36.6 Å². The quantitative estimate of drug-likeness (QED) is 0.586. The first kappa shape index (κ1) is 17.5. The van der Waals surface area contributed by atoms with E-state index in [0.29, 0.717) is 24.7 Å². The highest BCUT2D eigenvalue weighted by atomic mass is 16.3. The number of piperidine rings is 1. The number of carbonyl (C=O) groups excluding carboxylic acids is 1. The van der Waals surface area contributed by atoms with Gasteiger partial charge in [0.25, 0.3) is 5.91 Å². The Hall–Kier alpha value is -2.86. The SMILES string of the molecule is O=C(NCCNc1cccc2ccccc12)c1coc(C2CCCNC2)n1. The summed E-state index contributed by atoms with van der Waals surface area (Å²) in [7, 11) is 0. The lowest BCUT2D eigenvalue weighted by atomic mass is 10.00. The molecule has 1 atom stereocenters. The van der Waals surface area contributed by atoms with Gasteiger partial charge in [-0.2, -0.15) is 0 Å². The molecule has 140 valence electrons. The van der Waals surface area contributed by atoms with Crippen molar-refractivity contribution in [3.8, 4) is 0 Å². The van der Waals surface area contributed by atoms with Crippen molar-refractivity contribution in [2.24, 2.45) is 0 Å². The van der Waals surface area contributed by atoms with Crippen molar-refractivity contribution < 1.29 is 9.21 Å². The van der Waals surface area contributed by atoms with Gasteiger partial charge in [-0.15, -0.1) is 0 Å². The number of rotatable bonds is 6. The molecule has 1 unspecified atom stereocenters. The molecule has 0 saturated carbocycles. The number of aromatic nitrogens is 1. The molecule has 0 aliphatic carbocycles. The molecule has 1 aromatic heterocycles. The summed E-state index contributed by atoms with van der Waals surface area (Å²) in [4.78, 5) is 16.7. The topological polar surface area (TPSA) is 79.2 Å². The van der Waals surface area contributed by atoms with Crippen LogP contribution in [-0.4, -0.2) is 37.1 Å². The van der Waals surface area contributed by atoms with Gasteiger partial charge >= 0.3 is 0 Å². The van der Waals surface area contributed by atoms with Gasteiger partial charge in [-0.1, -0.05) is 36.4 Å². The number of nitrogens with zero attached hydrogens (tertiary/aromatic N) is 1. The van der Waals surface area contributed by atoms with Crippen molar-refractivity contribution in [2.75, 3.05) is 31.5 Å². The normalized spacial score (nSPS) is 17.0. The maximum absolute atomic E-state index is 12.3. The second-order valence-corrected chi connectivity index (χ2v) is 6.82. The molecule has 3 aromatic rings. The Balaban J connectivity index is 1.29. The van der Waals surface area contributed by atoms with Crippen LogP contribution in [-0.2, 0) is 0 Å². The molecule has 1 aliphatic heterocycles. The molecule has 2 heterocycles. The van der Waals surface area contributed by atoms with Crippen molar-refractivity contribution in [1.29, 1.82) is 0 Å². The molecule has 6 nitrogen and oxygen atoms in total. The van der Waals surface area contributed by atoms with Crippen molar-refractivity contribution >= 4 is 22.4 Å². The zero-order chi connectivity index (χ0) is 18.5. The van der Waals surface area contributed by atoms with E-state index in [4.69, 9.17) is 4.42 Å². The molecule has 0 bridgehead atoms. The molecule has 1 amide bonds. The lowest BCUT2D eigenvalue weighted by Crippen LogP contribution is -2.30. The smallest absolute Gasteiger partial charge is 0.273 e. The predicted molar refractivity (Wildman–Crippen MR) is 106 cm³/mol. The molecule has 4 rings (SSSR count). The van der Waals surface area contributed by atoms with Crippen LogP contribution in [0.3, 0.4) is 0 Å². The Morgan fingerprint density at radius 3 is 2.96 bits per heavy atom. The molecular weight excluding hydrogens is 340 g/mol. The van der Waals surface area contributed by atoms with Crippen molar-refractivity contribution in [3.05, 3.63) is 60.3 Å². The highest BCUT2D eigenvalue weighted by Crippen LogP contribution is 2.23. The van der Waals surface area contributed by atoms with Gasteiger partial charge in [0.15, 0.2) is 11.6 Å². The first-order valence-corrected chi connectivity index (χ1v) is 9.47. The van der Waals surface area contributed by atoms with Gasteiger partial charge in [-0.3, -0.25) is 4.79 Å². The summed E-state index contributed by atoms with van der Waals surface area (Å²) in [6.07, 6.45) is 3.61. The predicted octanol–water partition coefficient (Wildman–Crippen LogP) is 3.14. The molecular formula is C21H24N4O2. The van der Waals surface area contributed by atoms with Crippen molar-refractivity contribution in [3.63, 3.8) is 0 Å². The van der Waals surface area contributed by atoms with Crippen LogP contribution in [0.5, 0.6) is 0 Å². The molecule has 2 aromatic carbocycles. The number of carbonyl (C=O) groups is 1. The number of anilines is 1. The summed E-state index contributed by atoms with van der Waals surface area (Å²) in [6.45, 7) is 3.04. The van der Waals surface area contributed by atoms with E-state index in [9.17, 15) is 4.79 Å². The third-order valence-corrected chi connectivity index (χ3v) is 4.92. The first-order valence-electron chi connectivity index (χ1n) is 9.47. The number of nitrogens with one attached hydrogen (secondary N) is 3. The van der Waals surface area contributed by atoms with E-state index in [1.807, 2.05) is 24.3 Å². The molecule has 1 fully saturated rings. The van der Waals surface area contributed by atoms with Crippen LogP contribution in [0.4, 0.5) is 5.69 Å². The van der Waals surface area contributed by atoms with Crippen LogP contribution >= 0.6 is 0 Å². The van der Waals surface area contributed by atoms with Crippen molar-refractivity contribution in [2.45, 2.75) is 18.8 Å². The molecule has 27 heavy (non-hydrogen) atoms. The number of oxazole rings is 1. The standard InChI is InChI=1S/C21H24N4O2/c26-20(19-14-27-21(25-19)16-7-4-10-22-13-16)24-12-11-23-18-9-3-6-15-5-1-2-8-17(15)18/h1-3,5-6,8-9,14,16,22-23H,4,7,10-13H2,(H,24,26). The van der Waals surface area contributed by atoms with Crippen LogP contribution in [0.15, 0.2) is 53.1 Å². The number of hydrogen-bond acceptors (Lipinski definition) is 5. The fraction of sp³-hybridized carbons (Fsp3) is 0.333. The van der Waals surface area contributed by atoms with Gasteiger partial charge in [0.2, 0.25) is 0 Å². The van der Waals surface area contributed by atoms with Gasteiger partial charge in [0.05, 0.1) is 0 Å². The Morgan fingerprint density at radius 1 is 1.19 bits per heavy atom. The van der Waals surface area contributed by atoms with Crippen LogP contribution in [0.2, 0.25) is 0 Å². The summed E-state index contributed by atoms with van der Waals surface area (Å²) in [5.74, 6) is 0.711. The molecule has 6 heteroatoms. The van der Waals surface area contributed by atoms with Gasteiger partial charge < -0.3 is 20.4 Å². The second kappa shape index (κ2) is 8.22. The van der Waals surface area contributed by atoms with E-state index in [1.54, 1.807) is 0 Å². The maximum atomic E-state index is 12.3. The molecule has 0 spiro atoms. The molecule has 3 N–H and O–H groups in total. The Bertz CT molecular complexity index is 910. The Labute approximate surface area is 158 Å². The third kappa shape index (κ3) is 4.11. The summed E-state index contributed by atoms with van der Waals surface area (Å²) in [6, 6.07) is 14.4. The van der Waals surface area contributed by atoms with Crippen LogP contribution in [0.25, 0.3) is 10.8 Å². The minimum absolute atomic E-state index is 0.200. The fourth-order valence-electron chi connectivity index (χ4n) is 3.49. The van der Waals surface area contributed by atoms with Crippen molar-refractivity contribution in [1.82, 2.24) is 15.6 Å². The Morgan fingerprint density at radius 2 is 2.07 bits per heavy atom. The highest BCUT2D eigenvalue weighted by molar-refractivity contribution is 5.94. The van der Waals surface area contributed by atoms with Gasteiger partial charge in [-0.25, -0.2) is 4.98 Å². The largest absolute Gasteiger partial charge is 0.448 e. The van der Waals surface area contributed by atoms with Crippen LogP contribution < -0.4 is 16.0 Å².